The standard InChI is InChI=1S/C12H16N4O/c1-17-11-8-10(14-7-3-5-13)12-9(16-11)4-2-6-15-12/h2,4,6,8H,3,5,7,13H2,1H3,(H,14,16). The lowest BCUT2D eigenvalue weighted by Crippen LogP contribution is -2.09. The first kappa shape index (κ1) is 11.6. The third-order valence-electron chi connectivity index (χ3n) is 2.45. The summed E-state index contributed by atoms with van der Waals surface area (Å²) in [6.07, 6.45) is 2.67. The van der Waals surface area contributed by atoms with E-state index in [1.165, 1.54) is 0 Å². The van der Waals surface area contributed by atoms with Crippen molar-refractivity contribution in [3.05, 3.63) is 24.4 Å². The Bertz CT molecular complexity index is 501. The van der Waals surface area contributed by atoms with Gasteiger partial charge >= 0.3 is 0 Å². The van der Waals surface area contributed by atoms with E-state index in [0.29, 0.717) is 12.4 Å². The summed E-state index contributed by atoms with van der Waals surface area (Å²) in [7, 11) is 1.61. The number of hydrogen-bond acceptors (Lipinski definition) is 5. The van der Waals surface area contributed by atoms with Crippen LogP contribution in [0.15, 0.2) is 24.4 Å². The van der Waals surface area contributed by atoms with E-state index in [1.54, 1.807) is 13.3 Å². The van der Waals surface area contributed by atoms with Crippen LogP contribution >= 0.6 is 0 Å². The molecule has 0 unspecified atom stereocenters. The van der Waals surface area contributed by atoms with Crippen LogP contribution in [0.4, 0.5) is 5.69 Å². The summed E-state index contributed by atoms with van der Waals surface area (Å²) >= 11 is 0. The number of rotatable bonds is 5. The number of nitrogens with zero attached hydrogens (tertiary/aromatic N) is 2. The molecule has 5 heteroatoms. The van der Waals surface area contributed by atoms with Crippen LogP contribution in [0.1, 0.15) is 6.42 Å². The molecule has 0 saturated heterocycles. The average molecular weight is 232 g/mol. The number of nitrogens with one attached hydrogen (secondary N) is 1. The van der Waals surface area contributed by atoms with Crippen LogP contribution < -0.4 is 15.8 Å². The summed E-state index contributed by atoms with van der Waals surface area (Å²) in [5.74, 6) is 0.584. The Balaban J connectivity index is 2.36. The first-order valence-corrected chi connectivity index (χ1v) is 5.59. The molecule has 0 atom stereocenters. The first-order chi connectivity index (χ1) is 8.35. The predicted molar refractivity (Wildman–Crippen MR) is 68.3 cm³/mol. The second kappa shape index (κ2) is 5.45. The van der Waals surface area contributed by atoms with Crippen molar-refractivity contribution in [2.24, 2.45) is 5.73 Å². The highest BCUT2D eigenvalue weighted by Gasteiger charge is 2.06. The molecule has 90 valence electrons. The predicted octanol–water partition coefficient (Wildman–Crippen LogP) is 1.40. The first-order valence-electron chi connectivity index (χ1n) is 5.59. The van der Waals surface area contributed by atoms with Gasteiger partial charge in [-0.25, -0.2) is 4.98 Å². The van der Waals surface area contributed by atoms with Crippen molar-refractivity contribution < 1.29 is 4.74 Å². The normalized spacial score (nSPS) is 10.5. The van der Waals surface area contributed by atoms with Crippen molar-refractivity contribution in [3.63, 3.8) is 0 Å². The zero-order valence-corrected chi connectivity index (χ0v) is 9.81. The van der Waals surface area contributed by atoms with Crippen molar-refractivity contribution in [1.82, 2.24) is 9.97 Å². The number of hydrogen-bond donors (Lipinski definition) is 2. The second-order valence-electron chi connectivity index (χ2n) is 3.65. The van der Waals surface area contributed by atoms with E-state index in [4.69, 9.17) is 10.5 Å². The molecule has 0 radical (unpaired) electrons. The van der Waals surface area contributed by atoms with Gasteiger partial charge in [-0.1, -0.05) is 0 Å². The monoisotopic (exact) mass is 232 g/mol. The topological polar surface area (TPSA) is 73.1 Å². The number of fused-ring (bicyclic) bond motifs is 1. The number of anilines is 1. The van der Waals surface area contributed by atoms with Gasteiger partial charge in [-0.15, -0.1) is 0 Å². The Morgan fingerprint density at radius 2 is 2.35 bits per heavy atom. The molecule has 0 aliphatic rings. The Morgan fingerprint density at radius 3 is 3.12 bits per heavy atom. The van der Waals surface area contributed by atoms with Gasteiger partial charge in [0, 0.05) is 18.8 Å². The Labute approximate surface area is 100 Å². The van der Waals surface area contributed by atoms with E-state index in [0.717, 1.165) is 29.7 Å². The van der Waals surface area contributed by atoms with E-state index in [1.807, 2.05) is 18.2 Å². The fraction of sp³-hybridized carbons (Fsp3) is 0.333. The van der Waals surface area contributed by atoms with E-state index >= 15 is 0 Å². The molecule has 0 saturated carbocycles. The quantitative estimate of drug-likeness (QED) is 0.762. The van der Waals surface area contributed by atoms with E-state index in [9.17, 15) is 0 Å². The highest BCUT2D eigenvalue weighted by atomic mass is 16.5. The molecule has 0 aliphatic heterocycles. The van der Waals surface area contributed by atoms with Crippen LogP contribution in [0, 0.1) is 0 Å². The minimum absolute atomic E-state index is 0.584. The molecule has 17 heavy (non-hydrogen) atoms. The minimum Gasteiger partial charge on any atom is -0.481 e. The largest absolute Gasteiger partial charge is 0.481 e. The third-order valence-corrected chi connectivity index (χ3v) is 2.45. The van der Waals surface area contributed by atoms with Gasteiger partial charge in [0.15, 0.2) is 0 Å². The van der Waals surface area contributed by atoms with E-state index in [2.05, 4.69) is 15.3 Å². The molecule has 0 aromatic carbocycles. The molecular formula is C12H16N4O. The summed E-state index contributed by atoms with van der Waals surface area (Å²) in [5.41, 5.74) is 8.07. The highest BCUT2D eigenvalue weighted by molar-refractivity contribution is 5.88. The fourth-order valence-electron chi connectivity index (χ4n) is 1.60. The van der Waals surface area contributed by atoms with Gasteiger partial charge in [0.1, 0.15) is 5.52 Å². The van der Waals surface area contributed by atoms with Crippen LogP contribution in [0.25, 0.3) is 11.0 Å². The maximum absolute atomic E-state index is 5.47. The summed E-state index contributed by atoms with van der Waals surface area (Å²) in [4.78, 5) is 8.66. The number of methoxy groups -OCH3 is 1. The molecule has 0 spiro atoms. The third kappa shape index (κ3) is 2.62. The molecule has 2 aromatic heterocycles. The molecule has 5 nitrogen and oxygen atoms in total. The zero-order chi connectivity index (χ0) is 12.1. The number of nitrogens with two attached hydrogens (primary N) is 1. The summed E-state index contributed by atoms with van der Waals surface area (Å²) in [6.45, 7) is 1.48. The number of aromatic nitrogens is 2. The van der Waals surface area contributed by atoms with Crippen LogP contribution in [-0.2, 0) is 0 Å². The maximum atomic E-state index is 5.47. The van der Waals surface area contributed by atoms with Gasteiger partial charge in [-0.3, -0.25) is 4.98 Å². The fourth-order valence-corrected chi connectivity index (χ4v) is 1.60. The lowest BCUT2D eigenvalue weighted by molar-refractivity contribution is 0.400. The van der Waals surface area contributed by atoms with Crippen molar-refractivity contribution in [1.29, 1.82) is 0 Å². The molecule has 3 N–H and O–H groups in total. The van der Waals surface area contributed by atoms with E-state index < -0.39 is 0 Å². The van der Waals surface area contributed by atoms with Crippen molar-refractivity contribution in [2.75, 3.05) is 25.5 Å². The lowest BCUT2D eigenvalue weighted by atomic mass is 10.2. The van der Waals surface area contributed by atoms with Gasteiger partial charge in [0.05, 0.1) is 18.3 Å². The molecule has 2 aromatic rings. The van der Waals surface area contributed by atoms with Crippen molar-refractivity contribution >= 4 is 16.7 Å². The zero-order valence-electron chi connectivity index (χ0n) is 9.81. The Hall–Kier alpha value is -1.88. The molecular weight excluding hydrogens is 216 g/mol. The SMILES string of the molecule is COc1cc(NCCCN)c2ncccc2n1. The number of pyridine rings is 2. The molecule has 2 rings (SSSR count). The molecule has 0 bridgehead atoms. The van der Waals surface area contributed by atoms with Crippen LogP contribution in [0.5, 0.6) is 5.88 Å². The molecule has 0 aliphatic carbocycles. The van der Waals surface area contributed by atoms with Gasteiger partial charge < -0.3 is 15.8 Å². The highest BCUT2D eigenvalue weighted by Crippen LogP contribution is 2.24. The molecule has 0 amide bonds. The van der Waals surface area contributed by atoms with Gasteiger partial charge in [0.25, 0.3) is 0 Å². The lowest BCUT2D eigenvalue weighted by Gasteiger charge is -2.09. The van der Waals surface area contributed by atoms with Gasteiger partial charge in [-0.2, -0.15) is 0 Å². The molecule has 2 heterocycles. The summed E-state index contributed by atoms with van der Waals surface area (Å²) in [6, 6.07) is 5.63. The number of ether oxygens (including phenoxy) is 1. The average Bonchev–Trinajstić information content (AvgIpc) is 2.38. The summed E-state index contributed by atoms with van der Waals surface area (Å²) < 4.78 is 5.17. The van der Waals surface area contributed by atoms with Crippen molar-refractivity contribution in [3.8, 4) is 5.88 Å². The van der Waals surface area contributed by atoms with Crippen LogP contribution in [-0.4, -0.2) is 30.2 Å². The van der Waals surface area contributed by atoms with E-state index in [-0.39, 0.29) is 0 Å². The van der Waals surface area contributed by atoms with Crippen LogP contribution in [0.3, 0.4) is 0 Å². The van der Waals surface area contributed by atoms with Crippen LogP contribution in [0.2, 0.25) is 0 Å². The Morgan fingerprint density at radius 1 is 1.47 bits per heavy atom. The Kier molecular flexibility index (Phi) is 3.72. The minimum atomic E-state index is 0.584. The van der Waals surface area contributed by atoms with Crippen molar-refractivity contribution in [2.45, 2.75) is 6.42 Å². The smallest absolute Gasteiger partial charge is 0.215 e. The molecule has 0 fully saturated rings. The van der Waals surface area contributed by atoms with Gasteiger partial charge in [0.2, 0.25) is 5.88 Å². The summed E-state index contributed by atoms with van der Waals surface area (Å²) in [5, 5.41) is 3.30. The maximum Gasteiger partial charge on any atom is 0.215 e. The second-order valence-corrected chi connectivity index (χ2v) is 3.65. The van der Waals surface area contributed by atoms with Gasteiger partial charge in [-0.05, 0) is 25.1 Å².